The molecule has 2 rings (SSSR count). The first-order chi connectivity index (χ1) is 11.5. The second-order valence-electron chi connectivity index (χ2n) is 5.87. The third-order valence-corrected chi connectivity index (χ3v) is 3.87. The third kappa shape index (κ3) is 4.75. The van der Waals surface area contributed by atoms with Crippen LogP contribution in [0.15, 0.2) is 48.5 Å². The molecule has 0 aliphatic carbocycles. The number of carbonyl (C=O) groups excluding carboxylic acids is 1. The van der Waals surface area contributed by atoms with Crippen LogP contribution < -0.4 is 9.47 Å². The number of ether oxygens (including phenoxy) is 2. The van der Waals surface area contributed by atoms with Crippen molar-refractivity contribution in [1.29, 1.82) is 0 Å². The molecule has 0 N–H and O–H groups in total. The molecule has 0 aliphatic heterocycles. The van der Waals surface area contributed by atoms with Crippen LogP contribution in [0.4, 0.5) is 0 Å². The highest BCUT2D eigenvalue weighted by Gasteiger charge is 2.22. The van der Waals surface area contributed by atoms with Crippen LogP contribution in [0.5, 0.6) is 11.5 Å². The second-order valence-corrected chi connectivity index (χ2v) is 5.87. The molecular weight excluding hydrogens is 302 g/mol. The van der Waals surface area contributed by atoms with Crippen molar-refractivity contribution in [2.24, 2.45) is 0 Å². The van der Waals surface area contributed by atoms with Gasteiger partial charge in [-0.05, 0) is 48.7 Å². The van der Waals surface area contributed by atoms with E-state index in [-0.39, 0.29) is 5.91 Å². The molecule has 1 atom stereocenters. The van der Waals surface area contributed by atoms with E-state index in [1.165, 1.54) is 0 Å². The molecule has 0 radical (unpaired) electrons. The number of hydrogen-bond donors (Lipinski definition) is 0. The largest absolute Gasteiger partial charge is 0.497 e. The Morgan fingerprint density at radius 1 is 1.12 bits per heavy atom. The van der Waals surface area contributed by atoms with Crippen molar-refractivity contribution >= 4 is 5.91 Å². The van der Waals surface area contributed by atoms with Crippen molar-refractivity contribution in [3.63, 3.8) is 0 Å². The molecule has 128 valence electrons. The van der Waals surface area contributed by atoms with Crippen LogP contribution in [0.2, 0.25) is 0 Å². The van der Waals surface area contributed by atoms with E-state index in [0.717, 1.165) is 22.6 Å². The average molecular weight is 327 g/mol. The first-order valence-corrected chi connectivity index (χ1v) is 8.14. The number of amides is 1. The van der Waals surface area contributed by atoms with Gasteiger partial charge in [0.2, 0.25) is 0 Å². The number of hydrogen-bond acceptors (Lipinski definition) is 3. The van der Waals surface area contributed by atoms with Crippen LogP contribution in [0.1, 0.15) is 24.5 Å². The van der Waals surface area contributed by atoms with Crippen molar-refractivity contribution in [3.8, 4) is 11.5 Å². The van der Waals surface area contributed by atoms with Crippen LogP contribution in [-0.2, 0) is 11.3 Å². The van der Waals surface area contributed by atoms with Gasteiger partial charge in [0.15, 0.2) is 6.10 Å². The van der Waals surface area contributed by atoms with Crippen molar-refractivity contribution < 1.29 is 14.3 Å². The summed E-state index contributed by atoms with van der Waals surface area (Å²) in [5, 5.41) is 0. The minimum atomic E-state index is -0.477. The van der Waals surface area contributed by atoms with Gasteiger partial charge in [-0.15, -0.1) is 0 Å². The summed E-state index contributed by atoms with van der Waals surface area (Å²) in [6.07, 6.45) is 0.148. The van der Waals surface area contributed by atoms with E-state index in [0.29, 0.717) is 13.0 Å². The van der Waals surface area contributed by atoms with Gasteiger partial charge < -0.3 is 14.4 Å². The summed E-state index contributed by atoms with van der Waals surface area (Å²) in [5.74, 6) is 1.52. The molecule has 0 heterocycles. The zero-order valence-electron chi connectivity index (χ0n) is 14.8. The first-order valence-electron chi connectivity index (χ1n) is 8.14. The number of likely N-dealkylation sites (N-methyl/N-ethyl adjacent to an activating group) is 1. The smallest absolute Gasteiger partial charge is 0.263 e. The number of aryl methyl sites for hydroxylation is 1. The van der Waals surface area contributed by atoms with Gasteiger partial charge in [0.1, 0.15) is 11.5 Å². The Labute approximate surface area is 144 Å². The third-order valence-electron chi connectivity index (χ3n) is 3.87. The Balaban J connectivity index is 2.00. The predicted molar refractivity (Wildman–Crippen MR) is 95.4 cm³/mol. The molecule has 0 aliphatic rings. The standard InChI is InChI=1S/C20H25NO3/c1-5-19(24-18-8-6-7-15(2)13-18)20(22)21(3)14-16-9-11-17(23-4)12-10-16/h6-13,19H,5,14H2,1-4H3. The van der Waals surface area contributed by atoms with Crippen LogP contribution in [-0.4, -0.2) is 31.1 Å². The van der Waals surface area contributed by atoms with Gasteiger partial charge in [-0.2, -0.15) is 0 Å². The number of methoxy groups -OCH3 is 1. The molecule has 2 aromatic rings. The number of rotatable bonds is 7. The van der Waals surface area contributed by atoms with Crippen LogP contribution in [0, 0.1) is 6.92 Å². The SMILES string of the molecule is CCC(Oc1cccc(C)c1)C(=O)N(C)Cc1ccc(OC)cc1. The molecule has 24 heavy (non-hydrogen) atoms. The lowest BCUT2D eigenvalue weighted by atomic mass is 10.2. The maximum Gasteiger partial charge on any atom is 0.263 e. The van der Waals surface area contributed by atoms with E-state index in [1.54, 1.807) is 19.1 Å². The molecule has 0 bridgehead atoms. The summed E-state index contributed by atoms with van der Waals surface area (Å²) >= 11 is 0. The number of carbonyl (C=O) groups is 1. The van der Waals surface area contributed by atoms with Gasteiger partial charge in [0.25, 0.3) is 5.91 Å². The summed E-state index contributed by atoms with van der Waals surface area (Å²) in [5.41, 5.74) is 2.17. The van der Waals surface area contributed by atoms with Gasteiger partial charge in [0, 0.05) is 13.6 Å². The van der Waals surface area contributed by atoms with Gasteiger partial charge >= 0.3 is 0 Å². The summed E-state index contributed by atoms with van der Waals surface area (Å²) < 4.78 is 11.0. The summed E-state index contributed by atoms with van der Waals surface area (Å²) in [6, 6.07) is 15.5. The lowest BCUT2D eigenvalue weighted by molar-refractivity contribution is -0.138. The fourth-order valence-electron chi connectivity index (χ4n) is 2.49. The van der Waals surface area contributed by atoms with Gasteiger partial charge in [-0.3, -0.25) is 4.79 Å². The van der Waals surface area contributed by atoms with E-state index < -0.39 is 6.10 Å². The zero-order valence-corrected chi connectivity index (χ0v) is 14.8. The number of nitrogens with zero attached hydrogens (tertiary/aromatic N) is 1. The highest BCUT2D eigenvalue weighted by molar-refractivity contribution is 5.81. The molecule has 2 aromatic carbocycles. The highest BCUT2D eigenvalue weighted by atomic mass is 16.5. The molecule has 0 saturated heterocycles. The van der Waals surface area contributed by atoms with Crippen LogP contribution in [0.25, 0.3) is 0 Å². The highest BCUT2D eigenvalue weighted by Crippen LogP contribution is 2.17. The van der Waals surface area contributed by atoms with Crippen molar-refractivity contribution in [1.82, 2.24) is 4.90 Å². The van der Waals surface area contributed by atoms with Gasteiger partial charge in [-0.25, -0.2) is 0 Å². The maximum absolute atomic E-state index is 12.7. The fraction of sp³-hybridized carbons (Fsp3) is 0.350. The Kier molecular flexibility index (Phi) is 6.24. The second kappa shape index (κ2) is 8.39. The Morgan fingerprint density at radius 3 is 2.42 bits per heavy atom. The Morgan fingerprint density at radius 2 is 1.83 bits per heavy atom. The predicted octanol–water partition coefficient (Wildman–Crippen LogP) is 3.82. The van der Waals surface area contributed by atoms with Gasteiger partial charge in [0.05, 0.1) is 7.11 Å². The minimum absolute atomic E-state index is 0.0187. The molecule has 0 spiro atoms. The van der Waals surface area contributed by atoms with Crippen molar-refractivity contribution in [3.05, 3.63) is 59.7 Å². The lowest BCUT2D eigenvalue weighted by Gasteiger charge is -2.24. The number of benzene rings is 2. The summed E-state index contributed by atoms with van der Waals surface area (Å²) in [7, 11) is 3.44. The van der Waals surface area contributed by atoms with E-state index >= 15 is 0 Å². The van der Waals surface area contributed by atoms with E-state index in [2.05, 4.69) is 0 Å². The molecular formula is C20H25NO3. The lowest BCUT2D eigenvalue weighted by Crippen LogP contribution is -2.39. The van der Waals surface area contributed by atoms with E-state index in [4.69, 9.17) is 9.47 Å². The molecule has 0 saturated carbocycles. The van der Waals surface area contributed by atoms with E-state index in [1.807, 2.05) is 62.4 Å². The first kappa shape index (κ1) is 17.9. The topological polar surface area (TPSA) is 38.8 Å². The normalized spacial score (nSPS) is 11.7. The van der Waals surface area contributed by atoms with Crippen LogP contribution in [0.3, 0.4) is 0 Å². The Hall–Kier alpha value is -2.49. The zero-order chi connectivity index (χ0) is 17.5. The van der Waals surface area contributed by atoms with Crippen molar-refractivity contribution in [2.75, 3.05) is 14.2 Å². The quantitative estimate of drug-likeness (QED) is 0.776. The molecule has 1 unspecified atom stereocenters. The van der Waals surface area contributed by atoms with Crippen molar-refractivity contribution in [2.45, 2.75) is 32.9 Å². The molecule has 4 heteroatoms. The molecule has 0 fully saturated rings. The monoisotopic (exact) mass is 327 g/mol. The average Bonchev–Trinajstić information content (AvgIpc) is 2.59. The minimum Gasteiger partial charge on any atom is -0.497 e. The fourth-order valence-corrected chi connectivity index (χ4v) is 2.49. The summed E-state index contributed by atoms with van der Waals surface area (Å²) in [4.78, 5) is 14.4. The maximum atomic E-state index is 12.7. The summed E-state index contributed by atoms with van der Waals surface area (Å²) in [6.45, 7) is 4.50. The molecule has 1 amide bonds. The molecule has 4 nitrogen and oxygen atoms in total. The molecule has 0 aromatic heterocycles. The van der Waals surface area contributed by atoms with Gasteiger partial charge in [-0.1, -0.05) is 31.2 Å². The van der Waals surface area contributed by atoms with Crippen LogP contribution >= 0.6 is 0 Å². The van der Waals surface area contributed by atoms with E-state index in [9.17, 15) is 4.79 Å². The Bertz CT molecular complexity index is 667.